The third-order valence-electron chi connectivity index (χ3n) is 7.18. The summed E-state index contributed by atoms with van der Waals surface area (Å²) < 4.78 is 39.5. The molecule has 3 aromatic rings. The molecule has 6 rings (SSSR count). The number of benzene rings is 2. The topological polar surface area (TPSA) is 80.1 Å². The van der Waals surface area contributed by atoms with Crippen molar-refractivity contribution in [2.75, 3.05) is 26.2 Å². The van der Waals surface area contributed by atoms with E-state index >= 15 is 0 Å². The molecular weight excluding hydrogens is 440 g/mol. The normalized spacial score (nSPS) is 21.7. The van der Waals surface area contributed by atoms with Crippen LogP contribution in [0, 0.1) is 0 Å². The number of ether oxygens (including phenoxy) is 1. The molecule has 0 unspecified atom stereocenters. The van der Waals surface area contributed by atoms with Crippen LogP contribution in [0.25, 0.3) is 22.1 Å². The van der Waals surface area contributed by atoms with Crippen molar-refractivity contribution in [3.05, 3.63) is 54.8 Å². The highest BCUT2D eigenvalue weighted by atomic mass is 32.2. The monoisotopic (exact) mass is 466 g/mol. The molecular formula is C25H26N2O5S. The molecule has 3 fully saturated rings. The Morgan fingerprint density at radius 2 is 1.67 bits per heavy atom. The molecule has 33 heavy (non-hydrogen) atoms. The van der Waals surface area contributed by atoms with Crippen LogP contribution in [0.1, 0.15) is 25.7 Å². The molecule has 2 aromatic carbocycles. The predicted molar refractivity (Wildman–Crippen MR) is 123 cm³/mol. The molecule has 1 aromatic heterocycles. The molecule has 1 amide bonds. The van der Waals surface area contributed by atoms with Crippen molar-refractivity contribution in [1.29, 1.82) is 0 Å². The number of fused-ring (bicyclic) bond motifs is 1. The standard InChI is InChI=1S/C25H26N2O5S/c28-24-16-32-25(17-27(24)21-4-5-21)10-12-26(13-11-25)33(29,30)22-6-1-18(2-7-22)19-3-8-23-20(15-19)9-14-31-23/h1-3,6-9,14-15,21H,4-5,10-13,16-17H2. The van der Waals surface area contributed by atoms with E-state index in [0.717, 1.165) is 34.9 Å². The summed E-state index contributed by atoms with van der Waals surface area (Å²) in [5.74, 6) is 0.0604. The zero-order valence-corrected chi connectivity index (χ0v) is 19.1. The zero-order chi connectivity index (χ0) is 22.6. The largest absolute Gasteiger partial charge is 0.464 e. The Morgan fingerprint density at radius 1 is 0.939 bits per heavy atom. The van der Waals surface area contributed by atoms with Crippen LogP contribution in [0.4, 0.5) is 0 Å². The van der Waals surface area contributed by atoms with Crippen LogP contribution in [0.15, 0.2) is 64.1 Å². The Balaban J connectivity index is 1.16. The number of furan rings is 1. The maximum Gasteiger partial charge on any atom is 0.248 e. The fraction of sp³-hybridized carbons (Fsp3) is 0.400. The lowest BCUT2D eigenvalue weighted by Gasteiger charge is -2.46. The molecule has 1 saturated carbocycles. The van der Waals surface area contributed by atoms with Crippen LogP contribution < -0.4 is 0 Å². The van der Waals surface area contributed by atoms with Crippen molar-refractivity contribution in [3.8, 4) is 11.1 Å². The van der Waals surface area contributed by atoms with Gasteiger partial charge in [0.2, 0.25) is 15.9 Å². The Morgan fingerprint density at radius 3 is 2.39 bits per heavy atom. The van der Waals surface area contributed by atoms with E-state index in [2.05, 4.69) is 0 Å². The minimum Gasteiger partial charge on any atom is -0.464 e. The van der Waals surface area contributed by atoms with Crippen LogP contribution in [-0.2, 0) is 19.6 Å². The van der Waals surface area contributed by atoms with E-state index in [1.807, 2.05) is 41.3 Å². The Kier molecular flexibility index (Phi) is 4.87. The summed E-state index contributed by atoms with van der Waals surface area (Å²) in [7, 11) is -3.59. The molecule has 3 aliphatic rings. The molecule has 0 N–H and O–H groups in total. The summed E-state index contributed by atoms with van der Waals surface area (Å²) in [5, 5.41) is 1.01. The van der Waals surface area contributed by atoms with Crippen molar-refractivity contribution in [2.24, 2.45) is 0 Å². The van der Waals surface area contributed by atoms with E-state index in [-0.39, 0.29) is 12.5 Å². The van der Waals surface area contributed by atoms with Crippen molar-refractivity contribution in [1.82, 2.24) is 9.21 Å². The van der Waals surface area contributed by atoms with Gasteiger partial charge in [0.15, 0.2) is 0 Å². The van der Waals surface area contributed by atoms with Crippen LogP contribution in [0.2, 0.25) is 0 Å². The third kappa shape index (κ3) is 3.76. The predicted octanol–water partition coefficient (Wildman–Crippen LogP) is 3.64. The second kappa shape index (κ2) is 7.68. The van der Waals surface area contributed by atoms with Gasteiger partial charge in [0.25, 0.3) is 0 Å². The first-order valence-corrected chi connectivity index (χ1v) is 12.9. The second-order valence-corrected chi connectivity index (χ2v) is 11.3. The summed E-state index contributed by atoms with van der Waals surface area (Å²) in [6, 6.07) is 15.3. The van der Waals surface area contributed by atoms with Gasteiger partial charge in [-0.15, -0.1) is 0 Å². The van der Waals surface area contributed by atoms with Crippen LogP contribution in [0.5, 0.6) is 0 Å². The van der Waals surface area contributed by atoms with Gasteiger partial charge < -0.3 is 14.1 Å². The van der Waals surface area contributed by atoms with Gasteiger partial charge in [-0.25, -0.2) is 8.42 Å². The number of carbonyl (C=O) groups is 1. The molecule has 2 saturated heterocycles. The molecule has 172 valence electrons. The van der Waals surface area contributed by atoms with Gasteiger partial charge in [-0.3, -0.25) is 4.79 Å². The Hall–Kier alpha value is -2.68. The summed E-state index contributed by atoms with van der Waals surface area (Å²) >= 11 is 0. The quantitative estimate of drug-likeness (QED) is 0.587. The summed E-state index contributed by atoms with van der Waals surface area (Å²) in [6.45, 7) is 1.48. The molecule has 2 aliphatic heterocycles. The van der Waals surface area contributed by atoms with Crippen LogP contribution >= 0.6 is 0 Å². The highest BCUT2D eigenvalue weighted by Gasteiger charge is 2.47. The van der Waals surface area contributed by atoms with Crippen molar-refractivity contribution in [2.45, 2.75) is 42.2 Å². The van der Waals surface area contributed by atoms with Gasteiger partial charge in [-0.05, 0) is 67.1 Å². The van der Waals surface area contributed by atoms with Crippen molar-refractivity contribution >= 4 is 26.9 Å². The average Bonchev–Trinajstić information content (AvgIpc) is 3.57. The molecule has 0 radical (unpaired) electrons. The van der Waals surface area contributed by atoms with Crippen LogP contribution in [0.3, 0.4) is 0 Å². The van der Waals surface area contributed by atoms with Crippen LogP contribution in [-0.4, -0.2) is 61.4 Å². The number of morpholine rings is 1. The van der Waals surface area contributed by atoms with Crippen molar-refractivity contribution < 1.29 is 22.4 Å². The molecule has 0 atom stereocenters. The fourth-order valence-electron chi connectivity index (χ4n) is 5.01. The maximum atomic E-state index is 13.3. The third-order valence-corrected chi connectivity index (χ3v) is 9.09. The Bertz CT molecular complexity index is 1300. The number of carbonyl (C=O) groups excluding carboxylic acids is 1. The first kappa shape index (κ1) is 20.9. The number of piperidine rings is 1. The van der Waals surface area contributed by atoms with Gasteiger partial charge in [-0.1, -0.05) is 18.2 Å². The zero-order valence-electron chi connectivity index (χ0n) is 18.3. The number of nitrogens with zero attached hydrogens (tertiary/aromatic N) is 2. The maximum absolute atomic E-state index is 13.3. The lowest BCUT2D eigenvalue weighted by Crippen LogP contribution is -2.59. The first-order chi connectivity index (χ1) is 15.9. The molecule has 3 heterocycles. The smallest absolute Gasteiger partial charge is 0.248 e. The van der Waals surface area contributed by atoms with Gasteiger partial charge in [0, 0.05) is 24.5 Å². The molecule has 1 aliphatic carbocycles. The molecule has 8 heteroatoms. The average molecular weight is 467 g/mol. The number of amides is 1. The van der Waals surface area contributed by atoms with E-state index in [4.69, 9.17) is 9.15 Å². The second-order valence-electron chi connectivity index (χ2n) is 9.33. The molecule has 0 bridgehead atoms. The van der Waals surface area contributed by atoms with Gasteiger partial charge in [0.05, 0.1) is 23.3 Å². The van der Waals surface area contributed by atoms with E-state index in [9.17, 15) is 13.2 Å². The fourth-order valence-corrected chi connectivity index (χ4v) is 6.45. The summed E-state index contributed by atoms with van der Waals surface area (Å²) in [5.41, 5.74) is 2.37. The minimum atomic E-state index is -3.59. The highest BCUT2D eigenvalue weighted by molar-refractivity contribution is 7.89. The number of rotatable bonds is 4. The molecule has 1 spiro atoms. The lowest BCUT2D eigenvalue weighted by molar-refractivity contribution is -0.170. The van der Waals surface area contributed by atoms with E-state index in [1.165, 1.54) is 0 Å². The van der Waals surface area contributed by atoms with E-state index in [0.29, 0.717) is 43.4 Å². The van der Waals surface area contributed by atoms with E-state index in [1.54, 1.807) is 22.7 Å². The highest BCUT2D eigenvalue weighted by Crippen LogP contribution is 2.37. The van der Waals surface area contributed by atoms with E-state index < -0.39 is 15.6 Å². The summed E-state index contributed by atoms with van der Waals surface area (Å²) in [4.78, 5) is 14.4. The minimum absolute atomic E-state index is 0.0604. The van der Waals surface area contributed by atoms with Gasteiger partial charge in [0.1, 0.15) is 12.2 Å². The SMILES string of the molecule is O=C1COC2(CCN(S(=O)(=O)c3ccc(-c4ccc5occc5c4)cc3)CC2)CN1C1CC1. The number of hydrogen-bond donors (Lipinski definition) is 0. The van der Waals surface area contributed by atoms with Gasteiger partial charge >= 0.3 is 0 Å². The number of hydrogen-bond acceptors (Lipinski definition) is 5. The first-order valence-electron chi connectivity index (χ1n) is 11.4. The molecule has 7 nitrogen and oxygen atoms in total. The van der Waals surface area contributed by atoms with Gasteiger partial charge in [-0.2, -0.15) is 4.31 Å². The summed E-state index contributed by atoms with van der Waals surface area (Å²) in [6.07, 6.45) is 4.99. The Labute approximate surface area is 193 Å². The van der Waals surface area contributed by atoms with Crippen molar-refractivity contribution in [3.63, 3.8) is 0 Å². The lowest BCUT2D eigenvalue weighted by atomic mass is 9.90. The number of sulfonamides is 1.